The van der Waals surface area contributed by atoms with Crippen molar-refractivity contribution >= 4 is 23.2 Å². The molecule has 7 nitrogen and oxygen atoms in total. The number of amides is 1. The van der Waals surface area contributed by atoms with Gasteiger partial charge in [0.25, 0.3) is 5.91 Å². The van der Waals surface area contributed by atoms with Crippen LogP contribution in [-0.4, -0.2) is 28.8 Å². The molecule has 0 saturated heterocycles. The molecule has 0 aliphatic heterocycles. The van der Waals surface area contributed by atoms with Gasteiger partial charge in [0, 0.05) is 23.9 Å². The van der Waals surface area contributed by atoms with Crippen molar-refractivity contribution in [1.29, 1.82) is 0 Å². The fraction of sp³-hybridized carbons (Fsp3) is 0.143. The lowest BCUT2D eigenvalue weighted by Gasteiger charge is -2.08. The number of aromatic nitrogens is 2. The van der Waals surface area contributed by atoms with Crippen molar-refractivity contribution in [2.75, 3.05) is 12.4 Å². The number of nitrogens with zero attached hydrogens (tertiary/aromatic N) is 2. The number of hydrogen-bond acceptors (Lipinski definition) is 6. The van der Waals surface area contributed by atoms with E-state index in [-0.39, 0.29) is 17.4 Å². The van der Waals surface area contributed by atoms with Crippen LogP contribution in [0.3, 0.4) is 0 Å². The van der Waals surface area contributed by atoms with Gasteiger partial charge in [0.1, 0.15) is 23.6 Å². The average Bonchev–Trinajstić information content (AvgIpc) is 2.73. The van der Waals surface area contributed by atoms with Crippen molar-refractivity contribution in [3.63, 3.8) is 0 Å². The monoisotopic (exact) mass is 376 g/mol. The van der Waals surface area contributed by atoms with Gasteiger partial charge >= 0.3 is 0 Å². The van der Waals surface area contributed by atoms with E-state index >= 15 is 0 Å². The minimum atomic E-state index is -0.298. The second-order valence-electron chi connectivity index (χ2n) is 6.08. The Morgan fingerprint density at radius 2 is 1.71 bits per heavy atom. The van der Waals surface area contributed by atoms with E-state index in [0.717, 1.165) is 17.0 Å². The molecule has 0 aliphatic carbocycles. The van der Waals surface area contributed by atoms with Gasteiger partial charge in [-0.1, -0.05) is 12.1 Å². The van der Waals surface area contributed by atoms with Crippen molar-refractivity contribution in [3.8, 4) is 5.75 Å². The van der Waals surface area contributed by atoms with E-state index < -0.39 is 0 Å². The Bertz CT molecular complexity index is 970. The normalized spacial score (nSPS) is 10.2. The maximum absolute atomic E-state index is 12.4. The summed E-state index contributed by atoms with van der Waals surface area (Å²) in [7, 11) is 1.61. The summed E-state index contributed by atoms with van der Waals surface area (Å²) in [6.07, 6.45) is 1.33. The third kappa shape index (κ3) is 4.91. The van der Waals surface area contributed by atoms with E-state index in [4.69, 9.17) is 4.74 Å². The number of nitrogens with one attached hydrogen (secondary N) is 2. The Kier molecular flexibility index (Phi) is 5.96. The molecule has 0 unspecified atom stereocenters. The Morgan fingerprint density at radius 1 is 1.00 bits per heavy atom. The molecule has 3 aromatic rings. The molecule has 0 saturated carbocycles. The first-order valence-corrected chi connectivity index (χ1v) is 8.66. The van der Waals surface area contributed by atoms with E-state index in [2.05, 4.69) is 20.6 Å². The number of methoxy groups -OCH3 is 1. The predicted molar refractivity (Wildman–Crippen MR) is 106 cm³/mol. The summed E-state index contributed by atoms with van der Waals surface area (Å²) in [5.41, 5.74) is 2.60. The second-order valence-corrected chi connectivity index (χ2v) is 6.08. The second kappa shape index (κ2) is 8.77. The molecule has 0 bridgehead atoms. The van der Waals surface area contributed by atoms with Crippen LogP contribution < -0.4 is 15.4 Å². The number of carbonyl (C=O) groups excluding carboxylic acids is 2. The van der Waals surface area contributed by atoms with Crippen molar-refractivity contribution < 1.29 is 14.3 Å². The van der Waals surface area contributed by atoms with Gasteiger partial charge in [0.05, 0.1) is 7.11 Å². The van der Waals surface area contributed by atoms with Gasteiger partial charge in [0.15, 0.2) is 5.78 Å². The van der Waals surface area contributed by atoms with Crippen molar-refractivity contribution in [2.45, 2.75) is 13.5 Å². The fourth-order valence-electron chi connectivity index (χ4n) is 2.50. The fourth-order valence-corrected chi connectivity index (χ4v) is 2.50. The summed E-state index contributed by atoms with van der Waals surface area (Å²) in [5.74, 6) is 0.954. The van der Waals surface area contributed by atoms with E-state index in [1.165, 1.54) is 13.3 Å². The number of anilines is 2. The quantitative estimate of drug-likeness (QED) is 0.614. The van der Waals surface area contributed by atoms with Crippen LogP contribution in [0.25, 0.3) is 0 Å². The van der Waals surface area contributed by atoms with Crippen molar-refractivity contribution in [2.24, 2.45) is 0 Å². The lowest BCUT2D eigenvalue weighted by Crippen LogP contribution is -2.24. The molecule has 2 N–H and O–H groups in total. The smallest absolute Gasteiger partial charge is 0.270 e. The summed E-state index contributed by atoms with van der Waals surface area (Å²) in [5, 5.41) is 5.92. The van der Waals surface area contributed by atoms with Crippen molar-refractivity contribution in [3.05, 3.63) is 77.7 Å². The molecule has 1 amide bonds. The van der Waals surface area contributed by atoms with E-state index in [0.29, 0.717) is 17.9 Å². The van der Waals surface area contributed by atoms with Gasteiger partial charge in [-0.25, -0.2) is 9.97 Å². The Morgan fingerprint density at radius 3 is 2.36 bits per heavy atom. The molecule has 0 atom stereocenters. The van der Waals surface area contributed by atoms with Crippen LogP contribution in [0.5, 0.6) is 5.75 Å². The van der Waals surface area contributed by atoms with Crippen LogP contribution in [-0.2, 0) is 6.54 Å². The third-order valence-corrected chi connectivity index (χ3v) is 4.08. The zero-order valence-corrected chi connectivity index (χ0v) is 15.6. The maximum Gasteiger partial charge on any atom is 0.270 e. The molecule has 0 radical (unpaired) electrons. The molecule has 1 heterocycles. The molecular formula is C21H20N4O3. The molecule has 2 aromatic carbocycles. The van der Waals surface area contributed by atoms with Crippen LogP contribution in [0.1, 0.15) is 33.3 Å². The van der Waals surface area contributed by atoms with Gasteiger partial charge in [-0.05, 0) is 48.9 Å². The Hall–Kier alpha value is -3.74. The highest BCUT2D eigenvalue weighted by atomic mass is 16.5. The van der Waals surface area contributed by atoms with Crippen LogP contribution in [0.15, 0.2) is 60.9 Å². The highest BCUT2D eigenvalue weighted by Crippen LogP contribution is 2.16. The van der Waals surface area contributed by atoms with Crippen LogP contribution in [0.2, 0.25) is 0 Å². The molecule has 0 spiro atoms. The number of rotatable bonds is 7. The van der Waals surface area contributed by atoms with Gasteiger partial charge in [-0.15, -0.1) is 0 Å². The van der Waals surface area contributed by atoms with Crippen molar-refractivity contribution in [1.82, 2.24) is 15.3 Å². The van der Waals surface area contributed by atoms with E-state index in [9.17, 15) is 9.59 Å². The number of ketones is 1. The van der Waals surface area contributed by atoms with Gasteiger partial charge in [0.2, 0.25) is 0 Å². The zero-order valence-electron chi connectivity index (χ0n) is 15.6. The topological polar surface area (TPSA) is 93.2 Å². The van der Waals surface area contributed by atoms with Crippen LogP contribution in [0, 0.1) is 0 Å². The summed E-state index contributed by atoms with van der Waals surface area (Å²) < 4.78 is 5.12. The molecule has 7 heteroatoms. The minimum absolute atomic E-state index is 0.00408. The molecule has 0 aliphatic rings. The molecule has 142 valence electrons. The van der Waals surface area contributed by atoms with Gasteiger partial charge < -0.3 is 15.4 Å². The summed E-state index contributed by atoms with van der Waals surface area (Å²) in [6, 6.07) is 16.0. The first-order chi connectivity index (χ1) is 13.5. The van der Waals surface area contributed by atoms with Gasteiger partial charge in [-0.3, -0.25) is 9.59 Å². The first kappa shape index (κ1) is 19.0. The van der Waals surface area contributed by atoms with Crippen LogP contribution in [0.4, 0.5) is 11.5 Å². The lowest BCUT2D eigenvalue weighted by molar-refractivity contribution is 0.0945. The highest BCUT2D eigenvalue weighted by molar-refractivity contribution is 5.94. The number of Topliss-reactive ketones (excluding diaryl/α,β-unsaturated/α-hetero) is 1. The maximum atomic E-state index is 12.4. The molecular weight excluding hydrogens is 356 g/mol. The Balaban J connectivity index is 1.62. The number of benzene rings is 2. The highest BCUT2D eigenvalue weighted by Gasteiger charge is 2.09. The first-order valence-electron chi connectivity index (χ1n) is 8.66. The lowest BCUT2D eigenvalue weighted by atomic mass is 10.1. The van der Waals surface area contributed by atoms with Gasteiger partial charge in [-0.2, -0.15) is 0 Å². The standard InChI is InChI=1S/C21H20N4O3/c1-14(26)16-5-7-17(8-6-16)25-20-11-19(23-13-24-20)21(27)22-12-15-3-9-18(28-2)10-4-15/h3-11,13H,12H2,1-2H3,(H,22,27)(H,23,24,25). The molecule has 28 heavy (non-hydrogen) atoms. The zero-order chi connectivity index (χ0) is 19.9. The number of carbonyl (C=O) groups is 2. The van der Waals surface area contributed by atoms with Crippen LogP contribution >= 0.6 is 0 Å². The average molecular weight is 376 g/mol. The number of ether oxygens (including phenoxy) is 1. The third-order valence-electron chi connectivity index (χ3n) is 4.08. The molecule has 0 fully saturated rings. The summed E-state index contributed by atoms with van der Waals surface area (Å²) >= 11 is 0. The largest absolute Gasteiger partial charge is 0.497 e. The molecule has 1 aromatic heterocycles. The van der Waals surface area contributed by atoms with E-state index in [1.807, 2.05) is 24.3 Å². The minimum Gasteiger partial charge on any atom is -0.497 e. The van der Waals surface area contributed by atoms with E-state index in [1.54, 1.807) is 37.4 Å². The SMILES string of the molecule is COc1ccc(CNC(=O)c2cc(Nc3ccc(C(C)=O)cc3)ncn2)cc1. The number of hydrogen-bond donors (Lipinski definition) is 2. The Labute approximate surface area is 162 Å². The summed E-state index contributed by atoms with van der Waals surface area (Å²) in [6.45, 7) is 1.89. The summed E-state index contributed by atoms with van der Waals surface area (Å²) in [4.78, 5) is 31.9. The predicted octanol–water partition coefficient (Wildman–Crippen LogP) is 3.36. The molecule has 3 rings (SSSR count).